The minimum absolute atomic E-state index is 0.269. The summed E-state index contributed by atoms with van der Waals surface area (Å²) in [5.41, 5.74) is 6.57. The van der Waals surface area contributed by atoms with Gasteiger partial charge in [0, 0.05) is 31.6 Å². The van der Waals surface area contributed by atoms with Gasteiger partial charge in [0.05, 0.1) is 6.61 Å². The summed E-state index contributed by atoms with van der Waals surface area (Å²) in [5, 5.41) is 2.70. The number of amides is 1. The molecule has 0 aliphatic heterocycles. The van der Waals surface area contributed by atoms with E-state index in [1.54, 1.807) is 43.5 Å². The van der Waals surface area contributed by atoms with Gasteiger partial charge in [0.1, 0.15) is 17.2 Å². The molecule has 0 unspecified atom stereocenters. The Bertz CT molecular complexity index is 599. The number of hydrogen-bond donors (Lipinski definition) is 2. The van der Waals surface area contributed by atoms with Gasteiger partial charge in [-0.05, 0) is 30.3 Å². The number of hydrogen-bond acceptors (Lipinski definition) is 5. The number of nitrogens with zero attached hydrogens (tertiary/aromatic N) is 1. The Morgan fingerprint density at radius 2 is 2.00 bits per heavy atom. The van der Waals surface area contributed by atoms with Crippen molar-refractivity contribution in [1.29, 1.82) is 0 Å². The standard InChI is InChI=1S/C15H17N3O3/c1-20-9-8-18-15(19)14-10-13(6-7-17-14)21-12-4-2-11(16)3-5-12/h2-7,10H,8-9,16H2,1H3,(H,18,19). The Labute approximate surface area is 122 Å². The summed E-state index contributed by atoms with van der Waals surface area (Å²) < 4.78 is 10.5. The summed E-state index contributed by atoms with van der Waals surface area (Å²) in [5.74, 6) is 0.905. The van der Waals surface area contributed by atoms with Crippen molar-refractivity contribution in [3.63, 3.8) is 0 Å². The monoisotopic (exact) mass is 287 g/mol. The number of nitrogen functional groups attached to an aromatic ring is 1. The molecule has 1 aromatic heterocycles. The van der Waals surface area contributed by atoms with Crippen LogP contribution in [-0.2, 0) is 4.74 Å². The van der Waals surface area contributed by atoms with Crippen molar-refractivity contribution < 1.29 is 14.3 Å². The smallest absolute Gasteiger partial charge is 0.270 e. The largest absolute Gasteiger partial charge is 0.457 e. The molecular formula is C15H17N3O3. The third kappa shape index (κ3) is 4.47. The number of aromatic nitrogens is 1. The highest BCUT2D eigenvalue weighted by atomic mass is 16.5. The first kappa shape index (κ1) is 14.8. The Morgan fingerprint density at radius 1 is 1.24 bits per heavy atom. The van der Waals surface area contributed by atoms with Crippen molar-refractivity contribution in [3.8, 4) is 11.5 Å². The molecule has 0 aliphatic carbocycles. The molecule has 3 N–H and O–H groups in total. The predicted molar refractivity (Wildman–Crippen MR) is 79.4 cm³/mol. The number of benzene rings is 1. The van der Waals surface area contributed by atoms with Gasteiger partial charge in [-0.15, -0.1) is 0 Å². The summed E-state index contributed by atoms with van der Waals surface area (Å²) in [7, 11) is 1.57. The van der Waals surface area contributed by atoms with Crippen molar-refractivity contribution in [2.45, 2.75) is 0 Å². The summed E-state index contributed by atoms with van der Waals surface area (Å²) in [6, 6.07) is 10.3. The van der Waals surface area contributed by atoms with Crippen molar-refractivity contribution in [1.82, 2.24) is 10.3 Å². The molecule has 2 rings (SSSR count). The lowest BCUT2D eigenvalue weighted by atomic mass is 10.3. The van der Waals surface area contributed by atoms with E-state index in [2.05, 4.69) is 10.3 Å². The molecule has 0 radical (unpaired) electrons. The average molecular weight is 287 g/mol. The maximum absolute atomic E-state index is 11.9. The van der Waals surface area contributed by atoms with Crippen molar-refractivity contribution in [2.24, 2.45) is 0 Å². The van der Waals surface area contributed by atoms with Gasteiger partial charge in [-0.1, -0.05) is 0 Å². The van der Waals surface area contributed by atoms with Crippen LogP contribution in [0.1, 0.15) is 10.5 Å². The molecule has 6 nitrogen and oxygen atoms in total. The molecule has 0 aliphatic rings. The highest BCUT2D eigenvalue weighted by Gasteiger charge is 2.08. The molecular weight excluding hydrogens is 270 g/mol. The van der Waals surface area contributed by atoms with Gasteiger partial charge >= 0.3 is 0 Å². The molecule has 0 saturated carbocycles. The van der Waals surface area contributed by atoms with E-state index in [0.717, 1.165) is 0 Å². The van der Waals surface area contributed by atoms with E-state index in [4.69, 9.17) is 15.2 Å². The molecule has 0 bridgehead atoms. The van der Waals surface area contributed by atoms with Crippen LogP contribution < -0.4 is 15.8 Å². The third-order valence-electron chi connectivity index (χ3n) is 2.67. The van der Waals surface area contributed by atoms with Crippen LogP contribution in [0.3, 0.4) is 0 Å². The number of carbonyl (C=O) groups excluding carboxylic acids is 1. The molecule has 1 amide bonds. The first-order valence-electron chi connectivity index (χ1n) is 6.45. The fourth-order valence-electron chi connectivity index (χ4n) is 1.63. The normalized spacial score (nSPS) is 10.1. The third-order valence-corrected chi connectivity index (χ3v) is 2.67. The first-order chi connectivity index (χ1) is 10.2. The van der Waals surface area contributed by atoms with E-state index in [-0.39, 0.29) is 5.91 Å². The van der Waals surface area contributed by atoms with E-state index in [9.17, 15) is 4.79 Å². The zero-order chi connectivity index (χ0) is 15.1. The second kappa shape index (κ2) is 7.25. The zero-order valence-electron chi connectivity index (χ0n) is 11.7. The molecule has 0 saturated heterocycles. The van der Waals surface area contributed by atoms with E-state index >= 15 is 0 Å². The summed E-state index contributed by atoms with van der Waals surface area (Å²) in [6.45, 7) is 0.882. The Hall–Kier alpha value is -2.60. The molecule has 1 heterocycles. The van der Waals surface area contributed by atoms with Crippen LogP contribution in [0.2, 0.25) is 0 Å². The van der Waals surface area contributed by atoms with Crippen LogP contribution in [0.5, 0.6) is 11.5 Å². The molecule has 0 fully saturated rings. The lowest BCUT2D eigenvalue weighted by Crippen LogP contribution is -2.27. The summed E-state index contributed by atoms with van der Waals surface area (Å²) in [6.07, 6.45) is 1.53. The number of carbonyl (C=O) groups is 1. The SMILES string of the molecule is COCCNC(=O)c1cc(Oc2ccc(N)cc2)ccn1. The number of ether oxygens (including phenoxy) is 2. The second-order valence-electron chi connectivity index (χ2n) is 4.30. The number of methoxy groups -OCH3 is 1. The quantitative estimate of drug-likeness (QED) is 0.625. The molecule has 0 spiro atoms. The van der Waals surface area contributed by atoms with Gasteiger partial charge in [0.15, 0.2) is 0 Å². The van der Waals surface area contributed by atoms with Crippen molar-refractivity contribution in [2.75, 3.05) is 26.0 Å². The van der Waals surface area contributed by atoms with Crippen LogP contribution in [0, 0.1) is 0 Å². The molecule has 21 heavy (non-hydrogen) atoms. The highest BCUT2D eigenvalue weighted by molar-refractivity contribution is 5.92. The molecule has 2 aromatic rings. The Balaban J connectivity index is 2.03. The van der Waals surface area contributed by atoms with Crippen molar-refractivity contribution >= 4 is 11.6 Å². The lowest BCUT2D eigenvalue weighted by Gasteiger charge is -2.08. The molecule has 6 heteroatoms. The topological polar surface area (TPSA) is 86.5 Å². The number of rotatable bonds is 6. The minimum Gasteiger partial charge on any atom is -0.457 e. The van der Waals surface area contributed by atoms with Crippen LogP contribution in [0.15, 0.2) is 42.6 Å². The summed E-state index contributed by atoms with van der Waals surface area (Å²) >= 11 is 0. The molecule has 110 valence electrons. The maximum atomic E-state index is 11.9. The Kier molecular flexibility index (Phi) is 5.11. The van der Waals surface area contributed by atoms with Crippen LogP contribution >= 0.6 is 0 Å². The predicted octanol–water partition coefficient (Wildman–Crippen LogP) is 1.83. The fraction of sp³-hybridized carbons (Fsp3) is 0.200. The summed E-state index contributed by atoms with van der Waals surface area (Å²) in [4.78, 5) is 15.9. The number of anilines is 1. The van der Waals surface area contributed by atoms with Crippen molar-refractivity contribution in [3.05, 3.63) is 48.3 Å². The maximum Gasteiger partial charge on any atom is 0.270 e. The van der Waals surface area contributed by atoms with E-state index < -0.39 is 0 Å². The van der Waals surface area contributed by atoms with Gasteiger partial charge in [-0.3, -0.25) is 9.78 Å². The number of nitrogens with one attached hydrogen (secondary N) is 1. The van der Waals surface area contributed by atoms with E-state index in [0.29, 0.717) is 36.0 Å². The fourth-order valence-corrected chi connectivity index (χ4v) is 1.63. The first-order valence-corrected chi connectivity index (χ1v) is 6.45. The van der Waals surface area contributed by atoms with Gasteiger partial charge in [-0.2, -0.15) is 0 Å². The van der Waals surface area contributed by atoms with Gasteiger partial charge < -0.3 is 20.5 Å². The van der Waals surface area contributed by atoms with E-state index in [1.807, 2.05) is 0 Å². The minimum atomic E-state index is -0.269. The number of pyridine rings is 1. The van der Waals surface area contributed by atoms with Gasteiger partial charge in [0.2, 0.25) is 0 Å². The molecule has 1 aromatic carbocycles. The zero-order valence-corrected chi connectivity index (χ0v) is 11.7. The highest BCUT2D eigenvalue weighted by Crippen LogP contribution is 2.22. The van der Waals surface area contributed by atoms with Crippen LogP contribution in [-0.4, -0.2) is 31.2 Å². The second-order valence-corrected chi connectivity index (χ2v) is 4.30. The van der Waals surface area contributed by atoms with Gasteiger partial charge in [-0.25, -0.2) is 0 Å². The Morgan fingerprint density at radius 3 is 2.71 bits per heavy atom. The van der Waals surface area contributed by atoms with Gasteiger partial charge in [0.25, 0.3) is 5.91 Å². The van der Waals surface area contributed by atoms with E-state index in [1.165, 1.54) is 6.20 Å². The van der Waals surface area contributed by atoms with Crippen LogP contribution in [0.4, 0.5) is 5.69 Å². The average Bonchev–Trinajstić information content (AvgIpc) is 2.50. The van der Waals surface area contributed by atoms with Crippen LogP contribution in [0.25, 0.3) is 0 Å². The lowest BCUT2D eigenvalue weighted by molar-refractivity contribution is 0.0932. The molecule has 0 atom stereocenters. The number of nitrogens with two attached hydrogens (primary N) is 1.